The average Bonchev–Trinajstić information content (AvgIpc) is 2.41. The van der Waals surface area contributed by atoms with Crippen molar-refractivity contribution in [3.8, 4) is 0 Å². The smallest absolute Gasteiger partial charge is 0.144 e. The first-order chi connectivity index (χ1) is 9.08. The van der Waals surface area contributed by atoms with Crippen LogP contribution in [0.5, 0.6) is 0 Å². The third kappa shape index (κ3) is 3.65. The van der Waals surface area contributed by atoms with Gasteiger partial charge in [-0.2, -0.15) is 0 Å². The Kier molecular flexibility index (Phi) is 4.34. The Bertz CT molecular complexity index is 557. The van der Waals surface area contributed by atoms with Crippen LogP contribution in [0.4, 0.5) is 10.2 Å². The lowest BCUT2D eigenvalue weighted by Crippen LogP contribution is -2.11. The summed E-state index contributed by atoms with van der Waals surface area (Å²) in [5.74, 6) is 6.66. The molecular weight excluding hydrogens is 263 g/mol. The molecule has 0 saturated carbocycles. The molecule has 2 aromatic rings. The van der Waals surface area contributed by atoms with E-state index in [2.05, 4.69) is 15.4 Å². The number of halogens is 1. The molecule has 1 heterocycles. The van der Waals surface area contributed by atoms with Gasteiger partial charge < -0.3 is 5.43 Å². The van der Waals surface area contributed by atoms with E-state index in [1.165, 1.54) is 23.9 Å². The van der Waals surface area contributed by atoms with Gasteiger partial charge in [-0.1, -0.05) is 25.6 Å². The first-order valence-corrected chi connectivity index (χ1v) is 6.69. The third-order valence-electron chi connectivity index (χ3n) is 2.42. The van der Waals surface area contributed by atoms with E-state index in [0.29, 0.717) is 5.82 Å². The van der Waals surface area contributed by atoms with Crippen molar-refractivity contribution in [2.75, 3.05) is 5.43 Å². The van der Waals surface area contributed by atoms with Gasteiger partial charge in [0.05, 0.1) is 0 Å². The molecule has 6 heteroatoms. The topological polar surface area (TPSA) is 63.8 Å². The molecule has 0 saturated heterocycles. The maximum atomic E-state index is 12.9. The zero-order valence-corrected chi connectivity index (χ0v) is 11.5. The highest BCUT2D eigenvalue weighted by Crippen LogP contribution is 2.28. The second-order valence-electron chi connectivity index (χ2n) is 4.30. The molecule has 0 atom stereocenters. The number of nitrogen functional groups attached to an aromatic ring is 1. The van der Waals surface area contributed by atoms with Crippen molar-refractivity contribution in [1.82, 2.24) is 9.97 Å². The average molecular weight is 278 g/mol. The Hall–Kier alpha value is -1.66. The number of anilines is 1. The maximum absolute atomic E-state index is 12.9. The number of hydrogen-bond donors (Lipinski definition) is 2. The summed E-state index contributed by atoms with van der Waals surface area (Å²) in [6.45, 7) is 4.03. The standard InChI is InChI=1S/C13H15FN4S/c1-8(2)13-16-11(18-15)7-12(17-13)19-10-5-3-9(14)4-6-10/h3-8H,15H2,1-2H3,(H,16,17,18). The molecule has 3 N–H and O–H groups in total. The zero-order chi connectivity index (χ0) is 13.8. The van der Waals surface area contributed by atoms with Crippen LogP contribution in [0.3, 0.4) is 0 Å². The number of rotatable bonds is 4. The predicted molar refractivity (Wildman–Crippen MR) is 74.5 cm³/mol. The summed E-state index contributed by atoms with van der Waals surface area (Å²) in [6, 6.07) is 8.04. The number of nitrogens with two attached hydrogens (primary N) is 1. The molecule has 1 aromatic heterocycles. The lowest BCUT2D eigenvalue weighted by molar-refractivity contribution is 0.626. The molecule has 0 aliphatic heterocycles. The molecule has 0 bridgehead atoms. The number of aromatic nitrogens is 2. The summed E-state index contributed by atoms with van der Waals surface area (Å²) in [7, 11) is 0. The summed E-state index contributed by atoms with van der Waals surface area (Å²) in [5.41, 5.74) is 2.53. The first kappa shape index (κ1) is 13.8. The van der Waals surface area contributed by atoms with Crippen LogP contribution >= 0.6 is 11.8 Å². The van der Waals surface area contributed by atoms with E-state index < -0.39 is 0 Å². The normalized spacial score (nSPS) is 10.8. The van der Waals surface area contributed by atoms with Crippen LogP contribution < -0.4 is 11.3 Å². The van der Waals surface area contributed by atoms with E-state index in [4.69, 9.17) is 5.84 Å². The van der Waals surface area contributed by atoms with Crippen LogP contribution in [0.2, 0.25) is 0 Å². The van der Waals surface area contributed by atoms with Crippen LogP contribution in [0.1, 0.15) is 25.6 Å². The molecule has 0 aliphatic carbocycles. The monoisotopic (exact) mass is 278 g/mol. The lowest BCUT2D eigenvalue weighted by Gasteiger charge is -2.09. The van der Waals surface area contributed by atoms with E-state index in [9.17, 15) is 4.39 Å². The molecule has 0 amide bonds. The Morgan fingerprint density at radius 3 is 2.47 bits per heavy atom. The highest BCUT2D eigenvalue weighted by Gasteiger charge is 2.08. The van der Waals surface area contributed by atoms with Crippen molar-refractivity contribution in [3.63, 3.8) is 0 Å². The van der Waals surface area contributed by atoms with Crippen LogP contribution in [-0.4, -0.2) is 9.97 Å². The fourth-order valence-electron chi connectivity index (χ4n) is 1.45. The second kappa shape index (κ2) is 5.99. The number of nitrogens with one attached hydrogen (secondary N) is 1. The number of hydrogen-bond acceptors (Lipinski definition) is 5. The van der Waals surface area contributed by atoms with Gasteiger partial charge in [-0.3, -0.25) is 0 Å². The predicted octanol–water partition coefficient (Wildman–Crippen LogP) is 3.18. The molecule has 0 spiro atoms. The van der Waals surface area contributed by atoms with E-state index in [1.807, 2.05) is 13.8 Å². The van der Waals surface area contributed by atoms with Crippen molar-refractivity contribution in [1.29, 1.82) is 0 Å². The minimum absolute atomic E-state index is 0.209. The first-order valence-electron chi connectivity index (χ1n) is 5.87. The van der Waals surface area contributed by atoms with Gasteiger partial charge in [-0.05, 0) is 24.3 Å². The Balaban J connectivity index is 2.28. The summed E-state index contributed by atoms with van der Waals surface area (Å²) in [5, 5.41) is 0.776. The van der Waals surface area contributed by atoms with Crippen molar-refractivity contribution in [2.24, 2.45) is 5.84 Å². The Morgan fingerprint density at radius 2 is 1.89 bits per heavy atom. The summed E-state index contributed by atoms with van der Waals surface area (Å²) in [4.78, 5) is 9.66. The van der Waals surface area contributed by atoms with E-state index >= 15 is 0 Å². The summed E-state index contributed by atoms with van der Waals surface area (Å²) < 4.78 is 12.9. The van der Waals surface area contributed by atoms with Crippen molar-refractivity contribution in [2.45, 2.75) is 29.7 Å². The quantitative estimate of drug-likeness (QED) is 0.511. The Morgan fingerprint density at radius 1 is 1.21 bits per heavy atom. The molecule has 1 aromatic carbocycles. The number of benzene rings is 1. The SMILES string of the molecule is CC(C)c1nc(NN)cc(Sc2ccc(F)cc2)n1. The van der Waals surface area contributed by atoms with Gasteiger partial charge in [0.25, 0.3) is 0 Å². The molecule has 4 nitrogen and oxygen atoms in total. The molecular formula is C13H15FN4S. The van der Waals surface area contributed by atoms with Crippen molar-refractivity contribution >= 4 is 17.6 Å². The molecule has 2 rings (SSSR count). The second-order valence-corrected chi connectivity index (χ2v) is 5.40. The maximum Gasteiger partial charge on any atom is 0.144 e. The van der Waals surface area contributed by atoms with Gasteiger partial charge in [-0.25, -0.2) is 20.2 Å². The molecule has 0 unspecified atom stereocenters. The van der Waals surface area contributed by atoms with Crippen LogP contribution in [0.15, 0.2) is 40.3 Å². The highest BCUT2D eigenvalue weighted by molar-refractivity contribution is 7.99. The molecule has 0 aliphatic rings. The minimum atomic E-state index is -0.251. The van der Waals surface area contributed by atoms with E-state index in [-0.39, 0.29) is 11.7 Å². The molecule has 0 fully saturated rings. The fraction of sp³-hybridized carbons (Fsp3) is 0.231. The van der Waals surface area contributed by atoms with Gasteiger partial charge in [-0.15, -0.1) is 0 Å². The zero-order valence-electron chi connectivity index (χ0n) is 10.7. The number of hydrazine groups is 1. The van der Waals surface area contributed by atoms with Crippen LogP contribution in [0.25, 0.3) is 0 Å². The van der Waals surface area contributed by atoms with Crippen LogP contribution in [-0.2, 0) is 0 Å². The largest absolute Gasteiger partial charge is 0.308 e. The Labute approximate surface area is 115 Å². The fourth-order valence-corrected chi connectivity index (χ4v) is 2.27. The summed E-state index contributed by atoms with van der Waals surface area (Å²) in [6.07, 6.45) is 0. The van der Waals surface area contributed by atoms with Gasteiger partial charge in [0, 0.05) is 16.9 Å². The molecule has 19 heavy (non-hydrogen) atoms. The van der Waals surface area contributed by atoms with E-state index in [0.717, 1.165) is 15.7 Å². The van der Waals surface area contributed by atoms with E-state index in [1.54, 1.807) is 18.2 Å². The summed E-state index contributed by atoms with van der Waals surface area (Å²) >= 11 is 1.44. The van der Waals surface area contributed by atoms with Gasteiger partial charge in [0.15, 0.2) is 0 Å². The number of nitrogens with zero attached hydrogens (tertiary/aromatic N) is 2. The van der Waals surface area contributed by atoms with Crippen LogP contribution in [0, 0.1) is 5.82 Å². The van der Waals surface area contributed by atoms with Gasteiger partial charge in [0.1, 0.15) is 22.5 Å². The van der Waals surface area contributed by atoms with Gasteiger partial charge >= 0.3 is 0 Å². The lowest BCUT2D eigenvalue weighted by atomic mass is 10.2. The molecule has 0 radical (unpaired) electrons. The highest BCUT2D eigenvalue weighted by atomic mass is 32.2. The molecule has 100 valence electrons. The van der Waals surface area contributed by atoms with Crippen molar-refractivity contribution < 1.29 is 4.39 Å². The van der Waals surface area contributed by atoms with Crippen molar-refractivity contribution in [3.05, 3.63) is 42.0 Å². The minimum Gasteiger partial charge on any atom is -0.308 e. The third-order valence-corrected chi connectivity index (χ3v) is 3.35. The van der Waals surface area contributed by atoms with Gasteiger partial charge in [0.2, 0.25) is 0 Å².